The predicted molar refractivity (Wildman–Crippen MR) is 318 cm³/mol. The van der Waals surface area contributed by atoms with Gasteiger partial charge in [0.05, 0.1) is 0 Å². The summed E-state index contributed by atoms with van der Waals surface area (Å²) in [6.45, 7) is 10.1. The number of benzene rings is 12. The van der Waals surface area contributed by atoms with Crippen LogP contribution in [0.4, 0.5) is 0 Å². The highest BCUT2D eigenvalue weighted by Gasteiger charge is 2.38. The van der Waals surface area contributed by atoms with E-state index in [0.29, 0.717) is 0 Å². The molecule has 342 valence electrons. The number of hydrogen-bond donors (Lipinski definition) is 0. The molecule has 0 N–H and O–H groups in total. The molecule has 0 saturated heterocycles. The quantitative estimate of drug-likeness (QED) is 0.124. The van der Waals surface area contributed by atoms with E-state index in [2.05, 4.69) is 257 Å². The molecule has 12 aromatic carbocycles. The third-order valence-corrected chi connectivity index (χ3v) is 26.2. The topological polar surface area (TPSA) is 0 Å². The maximum absolute atomic E-state index is 2.52. The van der Waals surface area contributed by atoms with Crippen molar-refractivity contribution in [1.29, 1.82) is 0 Å². The Labute approximate surface area is 432 Å². The Morgan fingerprint density at radius 1 is 0.264 bits per heavy atom. The molecule has 2 aliphatic heterocycles. The van der Waals surface area contributed by atoms with Crippen molar-refractivity contribution >= 4 is 104 Å². The van der Waals surface area contributed by atoms with Crippen molar-refractivity contribution < 1.29 is 0 Å². The molecule has 0 aromatic heterocycles. The maximum atomic E-state index is 2.52. The third kappa shape index (κ3) is 6.73. The van der Waals surface area contributed by atoms with Gasteiger partial charge >= 0.3 is 0 Å². The van der Waals surface area contributed by atoms with E-state index in [1.165, 1.54) is 139 Å². The average molecular weight is 987 g/mol. The molecular formula is C68H50S2Si2. The Hall–Kier alpha value is -7.19. The zero-order chi connectivity index (χ0) is 48.3. The van der Waals surface area contributed by atoms with Gasteiger partial charge < -0.3 is 0 Å². The van der Waals surface area contributed by atoms with Crippen LogP contribution in [0.1, 0.15) is 0 Å². The fourth-order valence-electron chi connectivity index (χ4n) is 12.3. The SMILES string of the molecule is C[Si]1(C)c2ccccc2Sc2c(-c3cc(-c4cccc5c(-c6ccccc6)c6cccc(-c7cc(-c8cccc9c8Sc8ccccc8[Si]9(C)C)c8ccccc8c7)c6cc45)cc4ccccc34)cccc21. The molecule has 0 spiro atoms. The van der Waals surface area contributed by atoms with Gasteiger partial charge in [0, 0.05) is 19.6 Å². The number of hydrogen-bond acceptors (Lipinski definition) is 2. The second-order valence-electron chi connectivity index (χ2n) is 20.7. The fourth-order valence-corrected chi connectivity index (χ4v) is 23.5. The smallest absolute Gasteiger partial charge is 0.0897 e. The van der Waals surface area contributed by atoms with Crippen molar-refractivity contribution in [3.8, 4) is 55.6 Å². The molecule has 72 heavy (non-hydrogen) atoms. The summed E-state index contributed by atoms with van der Waals surface area (Å²) in [6, 6.07) is 87.8. The highest BCUT2D eigenvalue weighted by Crippen LogP contribution is 2.48. The largest absolute Gasteiger partial charge is 0.115 e. The van der Waals surface area contributed by atoms with E-state index in [1.54, 1.807) is 0 Å². The van der Waals surface area contributed by atoms with Crippen LogP contribution < -0.4 is 20.7 Å². The molecular weight excluding hydrogens is 937 g/mol. The predicted octanol–water partition coefficient (Wildman–Crippen LogP) is 17.2. The molecule has 0 radical (unpaired) electrons. The van der Waals surface area contributed by atoms with Crippen LogP contribution in [0.5, 0.6) is 0 Å². The lowest BCUT2D eigenvalue weighted by Crippen LogP contribution is -2.56. The standard InChI is InChI=1S/C68H50S2Si2/c1-71(2)62-34-14-12-32-60(62)69-67-54(30-18-36-64(67)71)56-40-46(38-44-22-8-10-24-48(44)56)50-26-16-28-52-58(50)42-59-51(27-17-29-53(59)66(52)43-20-6-5-7-21-43)47-39-45-23-9-11-25-49(45)57(41-47)55-31-19-37-65-68(55)70-61-33-13-15-35-63(61)72(65,3)4/h5-42H,1-4H3. The first-order valence-corrected chi connectivity index (χ1v) is 32.8. The summed E-state index contributed by atoms with van der Waals surface area (Å²) in [4.78, 5) is 5.62. The minimum atomic E-state index is -1.96. The van der Waals surface area contributed by atoms with Crippen molar-refractivity contribution in [2.24, 2.45) is 0 Å². The van der Waals surface area contributed by atoms with Crippen LogP contribution in [0.15, 0.2) is 250 Å². The highest BCUT2D eigenvalue weighted by molar-refractivity contribution is 8.00. The van der Waals surface area contributed by atoms with Gasteiger partial charge in [-0.2, -0.15) is 0 Å². The van der Waals surface area contributed by atoms with Crippen LogP contribution in [-0.4, -0.2) is 16.1 Å². The van der Waals surface area contributed by atoms with Gasteiger partial charge in [0.2, 0.25) is 0 Å². The van der Waals surface area contributed by atoms with Gasteiger partial charge in [-0.3, -0.25) is 0 Å². The first-order valence-electron chi connectivity index (χ1n) is 25.1. The van der Waals surface area contributed by atoms with Gasteiger partial charge in [-0.05, 0) is 162 Å². The highest BCUT2D eigenvalue weighted by atomic mass is 32.2. The summed E-state index contributed by atoms with van der Waals surface area (Å²) in [5.41, 5.74) is 12.7. The van der Waals surface area contributed by atoms with Crippen molar-refractivity contribution in [1.82, 2.24) is 0 Å². The lowest BCUT2D eigenvalue weighted by molar-refractivity contribution is 1.40. The third-order valence-electron chi connectivity index (χ3n) is 15.9. The molecule has 14 rings (SSSR count). The van der Waals surface area contributed by atoms with Crippen molar-refractivity contribution in [3.05, 3.63) is 231 Å². The van der Waals surface area contributed by atoms with E-state index in [0.717, 1.165) is 0 Å². The molecule has 0 amide bonds. The lowest BCUT2D eigenvalue weighted by atomic mass is 9.84. The summed E-state index contributed by atoms with van der Waals surface area (Å²) >= 11 is 3.92. The lowest BCUT2D eigenvalue weighted by Gasteiger charge is -2.34. The molecule has 2 aliphatic rings. The monoisotopic (exact) mass is 986 g/mol. The second-order valence-corrected chi connectivity index (χ2v) is 31.5. The molecule has 0 atom stereocenters. The van der Waals surface area contributed by atoms with Crippen molar-refractivity contribution in [2.75, 3.05) is 0 Å². The molecule has 0 aliphatic carbocycles. The Morgan fingerprint density at radius 2 is 0.653 bits per heavy atom. The van der Waals surface area contributed by atoms with Crippen LogP contribution >= 0.6 is 23.5 Å². The Bertz CT molecular complexity index is 3980. The van der Waals surface area contributed by atoms with E-state index in [1.807, 2.05) is 23.5 Å². The van der Waals surface area contributed by atoms with Gasteiger partial charge in [-0.1, -0.05) is 238 Å². The Balaban J connectivity index is 1.01. The molecule has 0 bridgehead atoms. The van der Waals surface area contributed by atoms with Crippen LogP contribution in [0.3, 0.4) is 0 Å². The summed E-state index contributed by atoms with van der Waals surface area (Å²) in [5.74, 6) is 0. The Morgan fingerprint density at radius 3 is 1.15 bits per heavy atom. The van der Waals surface area contributed by atoms with Gasteiger partial charge in [0.25, 0.3) is 0 Å². The average Bonchev–Trinajstić information content (AvgIpc) is 3.41. The molecule has 0 nitrogen and oxygen atoms in total. The zero-order valence-corrected chi connectivity index (χ0v) is 44.4. The first kappa shape index (κ1) is 43.6. The van der Waals surface area contributed by atoms with E-state index < -0.39 is 16.1 Å². The van der Waals surface area contributed by atoms with Gasteiger partial charge in [-0.25, -0.2) is 0 Å². The minimum absolute atomic E-state index is 1.22. The summed E-state index contributed by atoms with van der Waals surface area (Å²) in [7, 11) is -3.92. The van der Waals surface area contributed by atoms with Crippen LogP contribution in [0.2, 0.25) is 26.2 Å². The zero-order valence-electron chi connectivity index (χ0n) is 40.8. The summed E-state index contributed by atoms with van der Waals surface area (Å²) in [5, 5.41) is 16.2. The normalized spacial score (nSPS) is 14.2. The van der Waals surface area contributed by atoms with Crippen molar-refractivity contribution in [2.45, 2.75) is 45.8 Å². The molecule has 0 unspecified atom stereocenters. The van der Waals surface area contributed by atoms with Crippen LogP contribution in [-0.2, 0) is 0 Å². The first-order chi connectivity index (χ1) is 35.2. The number of rotatable bonds is 5. The number of fused-ring (bicyclic) bond motifs is 8. The van der Waals surface area contributed by atoms with Crippen LogP contribution in [0, 0.1) is 0 Å². The Kier molecular flexibility index (Phi) is 10.1. The van der Waals surface area contributed by atoms with Crippen LogP contribution in [0.25, 0.3) is 98.7 Å². The molecule has 4 heteroatoms. The summed E-state index contributed by atoms with van der Waals surface area (Å²) < 4.78 is 0. The molecule has 0 saturated carbocycles. The fraction of sp³-hybridized carbons (Fsp3) is 0.0588. The van der Waals surface area contributed by atoms with E-state index in [9.17, 15) is 0 Å². The molecule has 0 fully saturated rings. The molecule has 12 aromatic rings. The van der Waals surface area contributed by atoms with E-state index in [-0.39, 0.29) is 0 Å². The minimum Gasteiger partial charge on any atom is -0.0897 e. The van der Waals surface area contributed by atoms with E-state index in [4.69, 9.17) is 0 Å². The maximum Gasteiger partial charge on any atom is 0.115 e. The second kappa shape index (κ2) is 16.7. The van der Waals surface area contributed by atoms with Gasteiger partial charge in [0.1, 0.15) is 16.1 Å². The van der Waals surface area contributed by atoms with Gasteiger partial charge in [-0.15, -0.1) is 0 Å². The summed E-state index contributed by atoms with van der Waals surface area (Å²) in [6.07, 6.45) is 0. The van der Waals surface area contributed by atoms with E-state index >= 15 is 0 Å². The van der Waals surface area contributed by atoms with Gasteiger partial charge in [0.15, 0.2) is 0 Å². The molecule has 2 heterocycles. The van der Waals surface area contributed by atoms with Crippen molar-refractivity contribution in [3.63, 3.8) is 0 Å².